The van der Waals surface area contributed by atoms with Crippen LogP contribution in [0.4, 0.5) is 0 Å². The van der Waals surface area contributed by atoms with Gasteiger partial charge in [-0.25, -0.2) is 4.79 Å². The molecule has 2 heterocycles. The Balaban J connectivity index is 0.998. The topological polar surface area (TPSA) is 71.4 Å². The molecule has 0 unspecified atom stereocenters. The number of fused-ring (bicyclic) bond motifs is 1. The van der Waals surface area contributed by atoms with Gasteiger partial charge in [0, 0.05) is 37.1 Å². The molecular weight excluding hydrogens is 665 g/mol. The van der Waals surface area contributed by atoms with Crippen LogP contribution in [0.5, 0.6) is 11.5 Å². The molecule has 1 saturated heterocycles. The lowest BCUT2D eigenvalue weighted by Gasteiger charge is -2.31. The Labute approximate surface area is 314 Å². The second-order valence-electron chi connectivity index (χ2n) is 14.9. The molecule has 0 amide bonds. The third-order valence-corrected chi connectivity index (χ3v) is 9.56. The van der Waals surface area contributed by atoms with Crippen LogP contribution in [0.1, 0.15) is 55.9 Å². The van der Waals surface area contributed by atoms with E-state index in [-0.39, 0.29) is 18.7 Å². The lowest BCUT2D eigenvalue weighted by atomic mass is 10.0. The zero-order valence-electron chi connectivity index (χ0n) is 31.9. The van der Waals surface area contributed by atoms with Gasteiger partial charge >= 0.3 is 5.97 Å². The number of nitrogens with zero attached hydrogens (tertiary/aromatic N) is 2. The summed E-state index contributed by atoms with van der Waals surface area (Å²) in [6.45, 7) is 15.4. The van der Waals surface area contributed by atoms with Crippen LogP contribution >= 0.6 is 0 Å². The number of aromatic nitrogens is 1. The SMILES string of the molecule is Cc1ccc(-c2c(C)c3cc(OCc4ccccc4)ccc3n2Cc2ccc(OCCN3CCC(OCCOCC(=O)OC(C)(C)C)CC3)cc2)cc1. The summed E-state index contributed by atoms with van der Waals surface area (Å²) in [6.07, 6.45) is 2.16. The minimum Gasteiger partial charge on any atom is -0.492 e. The molecule has 280 valence electrons. The smallest absolute Gasteiger partial charge is 0.332 e. The third kappa shape index (κ3) is 10.9. The Morgan fingerprint density at radius 2 is 1.49 bits per heavy atom. The minimum absolute atomic E-state index is 0.0478. The molecular formula is C45H54N2O6. The van der Waals surface area contributed by atoms with Crippen LogP contribution in [0.25, 0.3) is 22.2 Å². The Morgan fingerprint density at radius 3 is 2.21 bits per heavy atom. The maximum Gasteiger partial charge on any atom is 0.332 e. The number of esters is 1. The number of piperidine rings is 1. The zero-order valence-corrected chi connectivity index (χ0v) is 31.9. The second-order valence-corrected chi connectivity index (χ2v) is 14.9. The van der Waals surface area contributed by atoms with E-state index in [1.807, 2.05) is 39.0 Å². The summed E-state index contributed by atoms with van der Waals surface area (Å²) >= 11 is 0. The normalized spacial score (nSPS) is 14.1. The van der Waals surface area contributed by atoms with Gasteiger partial charge in [-0.15, -0.1) is 0 Å². The van der Waals surface area contributed by atoms with Crippen molar-refractivity contribution in [1.82, 2.24) is 9.47 Å². The van der Waals surface area contributed by atoms with Gasteiger partial charge in [0.1, 0.15) is 36.9 Å². The highest BCUT2D eigenvalue weighted by atomic mass is 16.6. The molecule has 5 aromatic rings. The van der Waals surface area contributed by atoms with E-state index in [9.17, 15) is 4.79 Å². The van der Waals surface area contributed by atoms with Crippen LogP contribution in [0.3, 0.4) is 0 Å². The van der Waals surface area contributed by atoms with Crippen molar-refractivity contribution in [3.05, 3.63) is 119 Å². The first-order valence-electron chi connectivity index (χ1n) is 18.8. The van der Waals surface area contributed by atoms with Gasteiger partial charge in [-0.1, -0.05) is 72.3 Å². The van der Waals surface area contributed by atoms with Gasteiger partial charge in [-0.2, -0.15) is 0 Å². The predicted molar refractivity (Wildman–Crippen MR) is 211 cm³/mol. The van der Waals surface area contributed by atoms with Crippen LogP contribution in [0.15, 0.2) is 97.1 Å². The third-order valence-electron chi connectivity index (χ3n) is 9.56. The second kappa shape index (κ2) is 17.9. The molecule has 6 rings (SSSR count). The van der Waals surface area contributed by atoms with Crippen LogP contribution < -0.4 is 9.47 Å². The van der Waals surface area contributed by atoms with Crippen molar-refractivity contribution in [2.75, 3.05) is 46.1 Å². The number of hydrogen-bond donors (Lipinski definition) is 0. The highest BCUT2D eigenvalue weighted by molar-refractivity contribution is 5.92. The van der Waals surface area contributed by atoms with Crippen molar-refractivity contribution < 1.29 is 28.5 Å². The number of ether oxygens (including phenoxy) is 5. The van der Waals surface area contributed by atoms with Gasteiger partial charge in [0.05, 0.1) is 25.0 Å². The van der Waals surface area contributed by atoms with E-state index >= 15 is 0 Å². The highest BCUT2D eigenvalue weighted by Crippen LogP contribution is 2.36. The molecule has 1 aliphatic rings. The van der Waals surface area contributed by atoms with Gasteiger partial charge in [0.25, 0.3) is 0 Å². The van der Waals surface area contributed by atoms with Gasteiger partial charge in [0.2, 0.25) is 0 Å². The molecule has 0 aliphatic carbocycles. The van der Waals surface area contributed by atoms with Crippen molar-refractivity contribution in [2.45, 2.75) is 72.3 Å². The molecule has 53 heavy (non-hydrogen) atoms. The van der Waals surface area contributed by atoms with Gasteiger partial charge in [0.15, 0.2) is 0 Å². The Kier molecular flexibility index (Phi) is 12.9. The quantitative estimate of drug-likeness (QED) is 0.0747. The van der Waals surface area contributed by atoms with E-state index in [0.717, 1.165) is 56.1 Å². The molecule has 1 aromatic heterocycles. The molecule has 0 saturated carbocycles. The van der Waals surface area contributed by atoms with Gasteiger partial charge in [-0.3, -0.25) is 4.90 Å². The number of hydrogen-bond acceptors (Lipinski definition) is 7. The number of rotatable bonds is 16. The first-order chi connectivity index (χ1) is 25.6. The van der Waals surface area contributed by atoms with Crippen molar-refractivity contribution in [1.29, 1.82) is 0 Å². The molecule has 1 fully saturated rings. The lowest BCUT2D eigenvalue weighted by Crippen LogP contribution is -2.39. The predicted octanol–water partition coefficient (Wildman–Crippen LogP) is 8.77. The molecule has 4 aromatic carbocycles. The zero-order chi connectivity index (χ0) is 37.2. The average molecular weight is 719 g/mol. The fourth-order valence-electron chi connectivity index (χ4n) is 6.85. The van der Waals surface area contributed by atoms with E-state index in [1.54, 1.807) is 0 Å². The summed E-state index contributed by atoms with van der Waals surface area (Å²) in [6, 6.07) is 34.1. The Bertz CT molecular complexity index is 1900. The maximum absolute atomic E-state index is 11.8. The van der Waals surface area contributed by atoms with E-state index in [1.165, 1.54) is 38.9 Å². The molecule has 0 spiro atoms. The first-order valence-corrected chi connectivity index (χ1v) is 18.8. The summed E-state index contributed by atoms with van der Waals surface area (Å²) in [5.74, 6) is 1.40. The molecule has 8 nitrogen and oxygen atoms in total. The standard InChI is InChI=1S/C45H54N2O6/c1-33-11-15-37(16-12-33)44-34(2)41-29-40(52-31-36-9-7-6-8-10-36)19-20-42(41)47(44)30-35-13-17-38(18-14-35)50-26-25-46-23-21-39(22-24-46)51-28-27-49-32-43(48)53-45(3,4)5/h6-20,29,39H,21-28,30-32H2,1-5H3. The molecule has 0 bridgehead atoms. The largest absolute Gasteiger partial charge is 0.492 e. The van der Waals surface area contributed by atoms with E-state index < -0.39 is 5.60 Å². The van der Waals surface area contributed by atoms with Crippen LogP contribution in [-0.4, -0.2) is 73.2 Å². The molecule has 8 heteroatoms. The summed E-state index contributed by atoms with van der Waals surface area (Å²) in [4.78, 5) is 14.2. The fourth-order valence-corrected chi connectivity index (χ4v) is 6.85. The van der Waals surface area contributed by atoms with E-state index in [2.05, 4.69) is 102 Å². The van der Waals surface area contributed by atoms with Crippen LogP contribution in [-0.2, 0) is 32.2 Å². The van der Waals surface area contributed by atoms with E-state index in [4.69, 9.17) is 23.7 Å². The number of likely N-dealkylation sites (tertiary alicyclic amines) is 1. The monoisotopic (exact) mass is 718 g/mol. The van der Waals surface area contributed by atoms with Crippen LogP contribution in [0.2, 0.25) is 0 Å². The van der Waals surface area contributed by atoms with Gasteiger partial charge in [-0.05, 0) is 100 Å². The van der Waals surface area contributed by atoms with Crippen LogP contribution in [0, 0.1) is 13.8 Å². The molecule has 0 atom stereocenters. The highest BCUT2D eigenvalue weighted by Gasteiger charge is 2.21. The minimum atomic E-state index is -0.502. The lowest BCUT2D eigenvalue weighted by molar-refractivity contribution is -0.160. The average Bonchev–Trinajstić information content (AvgIpc) is 3.41. The Morgan fingerprint density at radius 1 is 0.774 bits per heavy atom. The summed E-state index contributed by atoms with van der Waals surface area (Å²) < 4.78 is 31.5. The first kappa shape index (κ1) is 38.1. The Hall–Kier alpha value is -4.63. The number of aryl methyl sites for hydroxylation is 2. The molecule has 1 aliphatic heterocycles. The summed E-state index contributed by atoms with van der Waals surface area (Å²) in [5, 5.41) is 1.20. The number of benzene rings is 4. The molecule has 0 radical (unpaired) electrons. The molecule has 0 N–H and O–H groups in total. The van der Waals surface area contributed by atoms with Gasteiger partial charge < -0.3 is 28.3 Å². The van der Waals surface area contributed by atoms with Crippen molar-refractivity contribution >= 4 is 16.9 Å². The fraction of sp³-hybridized carbons (Fsp3) is 0.400. The summed E-state index contributed by atoms with van der Waals surface area (Å²) in [5.41, 5.74) is 7.97. The van der Waals surface area contributed by atoms with Crippen molar-refractivity contribution in [3.8, 4) is 22.8 Å². The maximum atomic E-state index is 11.8. The van der Waals surface area contributed by atoms with E-state index in [0.29, 0.717) is 26.4 Å². The number of carbonyl (C=O) groups is 1. The van der Waals surface area contributed by atoms with Crippen molar-refractivity contribution in [2.24, 2.45) is 0 Å². The van der Waals surface area contributed by atoms with Crippen molar-refractivity contribution in [3.63, 3.8) is 0 Å². The number of carbonyl (C=O) groups excluding carboxylic acids is 1. The summed E-state index contributed by atoms with van der Waals surface area (Å²) in [7, 11) is 0.